The summed E-state index contributed by atoms with van der Waals surface area (Å²) >= 11 is 11.6. The van der Waals surface area contributed by atoms with Gasteiger partial charge in [-0.15, -0.1) is 0 Å². The van der Waals surface area contributed by atoms with E-state index in [4.69, 9.17) is 33.0 Å². The molecule has 11 heteroatoms. The third kappa shape index (κ3) is 4.23. The highest BCUT2D eigenvalue weighted by Crippen LogP contribution is 2.40. The number of carbonyl (C=O) groups is 1. The highest BCUT2D eigenvalue weighted by atomic mass is 35.5. The van der Waals surface area contributed by atoms with Gasteiger partial charge in [-0.3, -0.25) is 4.68 Å². The molecule has 0 aliphatic carbocycles. The van der Waals surface area contributed by atoms with Crippen molar-refractivity contribution in [2.45, 2.75) is 12.8 Å². The fourth-order valence-corrected chi connectivity index (χ4v) is 2.69. The average molecular weight is 401 g/mol. The van der Waals surface area contributed by atoms with Crippen LogP contribution < -0.4 is 0 Å². The summed E-state index contributed by atoms with van der Waals surface area (Å²) in [4.78, 5) is 10.4. The predicted octanol–water partition coefficient (Wildman–Crippen LogP) is 4.15. The van der Waals surface area contributed by atoms with E-state index in [0.717, 1.165) is 19.2 Å². The summed E-state index contributed by atoms with van der Waals surface area (Å²) in [5.41, 5.74) is -1.77. The molecule has 0 aliphatic rings. The third-order valence-corrected chi connectivity index (χ3v) is 3.84. The lowest BCUT2D eigenvalue weighted by atomic mass is 10.1. The van der Waals surface area contributed by atoms with Gasteiger partial charge in [-0.1, -0.05) is 23.2 Å². The van der Waals surface area contributed by atoms with Crippen LogP contribution in [0.4, 0.5) is 17.6 Å². The number of nitrogens with zero attached hydrogens (tertiary/aromatic N) is 2. The number of carboxylic acids is 1. The topological polar surface area (TPSA) is 64.4 Å². The van der Waals surface area contributed by atoms with Crippen LogP contribution in [0.5, 0.6) is 0 Å². The number of ether oxygens (including phenoxy) is 1. The molecule has 0 spiro atoms. The number of halogens is 6. The highest BCUT2D eigenvalue weighted by Gasteiger charge is 2.39. The number of alkyl halides is 3. The van der Waals surface area contributed by atoms with Crippen LogP contribution in [0.2, 0.25) is 10.0 Å². The van der Waals surface area contributed by atoms with Gasteiger partial charge in [0.2, 0.25) is 0 Å². The van der Waals surface area contributed by atoms with Crippen molar-refractivity contribution in [3.8, 4) is 11.3 Å². The number of hydrogen-bond donors (Lipinski definition) is 1. The van der Waals surface area contributed by atoms with Crippen LogP contribution in [0, 0.1) is 5.82 Å². The van der Waals surface area contributed by atoms with E-state index in [9.17, 15) is 22.4 Å². The van der Waals surface area contributed by atoms with Gasteiger partial charge in [-0.25, -0.2) is 9.18 Å². The van der Waals surface area contributed by atoms with Crippen molar-refractivity contribution < 1.29 is 32.2 Å². The van der Waals surface area contributed by atoms with Crippen molar-refractivity contribution >= 4 is 29.2 Å². The van der Waals surface area contributed by atoms with Gasteiger partial charge in [0.15, 0.2) is 5.69 Å². The molecule has 0 amide bonds. The van der Waals surface area contributed by atoms with Gasteiger partial charge < -0.3 is 9.84 Å². The van der Waals surface area contributed by atoms with E-state index in [1.165, 1.54) is 0 Å². The normalized spacial score (nSPS) is 11.8. The van der Waals surface area contributed by atoms with Crippen LogP contribution in [0.25, 0.3) is 11.3 Å². The molecular weight excluding hydrogens is 391 g/mol. The Kier molecular flexibility index (Phi) is 5.60. The summed E-state index contributed by atoms with van der Waals surface area (Å²) in [6, 6.07) is 1.99. The standard InChI is InChI=1S/C14H10Cl2F4N2O3/c1-22-13(14(18,19)20)11(16)12(21-22)7-2-6(4-25-5-10(23)24)8(15)3-9(7)17/h2-3H,4-5H2,1H3,(H,23,24). The van der Waals surface area contributed by atoms with Crippen molar-refractivity contribution in [3.63, 3.8) is 0 Å². The molecular formula is C14H10Cl2F4N2O3. The van der Waals surface area contributed by atoms with Crippen LogP contribution >= 0.6 is 23.2 Å². The molecule has 0 saturated heterocycles. The van der Waals surface area contributed by atoms with E-state index in [0.29, 0.717) is 4.68 Å². The molecule has 25 heavy (non-hydrogen) atoms. The summed E-state index contributed by atoms with van der Waals surface area (Å²) in [5.74, 6) is -2.15. The van der Waals surface area contributed by atoms with E-state index < -0.39 is 41.0 Å². The largest absolute Gasteiger partial charge is 0.480 e. The van der Waals surface area contributed by atoms with E-state index in [1.807, 2.05) is 0 Å². The Morgan fingerprint density at radius 2 is 2.00 bits per heavy atom. The van der Waals surface area contributed by atoms with Crippen molar-refractivity contribution in [3.05, 3.63) is 39.3 Å². The number of aryl methyl sites for hydroxylation is 1. The van der Waals surface area contributed by atoms with Crippen LogP contribution in [-0.2, 0) is 29.4 Å². The van der Waals surface area contributed by atoms with E-state index in [2.05, 4.69) is 5.10 Å². The lowest BCUT2D eigenvalue weighted by Gasteiger charge is -2.09. The van der Waals surface area contributed by atoms with Crippen LogP contribution in [0.3, 0.4) is 0 Å². The van der Waals surface area contributed by atoms with E-state index in [-0.39, 0.29) is 22.8 Å². The first-order chi connectivity index (χ1) is 11.5. The summed E-state index contributed by atoms with van der Waals surface area (Å²) < 4.78 is 58.5. The Hall–Kier alpha value is -1.84. The number of carboxylic acid groups (broad SMARTS) is 1. The van der Waals surface area contributed by atoms with Gasteiger partial charge in [0, 0.05) is 17.6 Å². The first-order valence-electron chi connectivity index (χ1n) is 6.60. The molecule has 1 aromatic carbocycles. The van der Waals surface area contributed by atoms with Crippen molar-refractivity contribution in [1.29, 1.82) is 0 Å². The van der Waals surface area contributed by atoms with Gasteiger partial charge in [0.05, 0.1) is 11.6 Å². The van der Waals surface area contributed by atoms with Crippen LogP contribution in [-0.4, -0.2) is 27.5 Å². The lowest BCUT2D eigenvalue weighted by Crippen LogP contribution is -2.12. The minimum absolute atomic E-state index is 0.0743. The van der Waals surface area contributed by atoms with Crippen molar-refractivity contribution in [2.75, 3.05) is 6.61 Å². The Morgan fingerprint density at radius 3 is 2.52 bits per heavy atom. The quantitative estimate of drug-likeness (QED) is 0.765. The maximum absolute atomic E-state index is 14.2. The molecule has 5 nitrogen and oxygen atoms in total. The molecule has 2 aromatic rings. The second-order valence-electron chi connectivity index (χ2n) is 4.94. The minimum atomic E-state index is -4.77. The number of rotatable bonds is 5. The fraction of sp³-hybridized carbons (Fsp3) is 0.286. The molecule has 136 valence electrons. The van der Waals surface area contributed by atoms with Gasteiger partial charge >= 0.3 is 12.1 Å². The highest BCUT2D eigenvalue weighted by molar-refractivity contribution is 6.34. The summed E-state index contributed by atoms with van der Waals surface area (Å²) in [7, 11) is 1.03. The Balaban J connectivity index is 2.48. The summed E-state index contributed by atoms with van der Waals surface area (Å²) in [5, 5.41) is 11.3. The van der Waals surface area contributed by atoms with Crippen LogP contribution in [0.1, 0.15) is 11.3 Å². The summed E-state index contributed by atoms with van der Waals surface area (Å²) in [6.07, 6.45) is -4.77. The fourth-order valence-electron chi connectivity index (χ4n) is 2.11. The second-order valence-corrected chi connectivity index (χ2v) is 5.73. The SMILES string of the molecule is Cn1nc(-c2cc(COCC(=O)O)c(Cl)cc2F)c(Cl)c1C(F)(F)F. The van der Waals surface area contributed by atoms with Crippen LogP contribution in [0.15, 0.2) is 12.1 Å². The molecule has 0 aliphatic heterocycles. The molecule has 0 atom stereocenters. The van der Waals surface area contributed by atoms with Crippen molar-refractivity contribution in [1.82, 2.24) is 9.78 Å². The molecule has 0 bridgehead atoms. The number of aliphatic carboxylic acids is 1. The average Bonchev–Trinajstić information content (AvgIpc) is 2.75. The monoisotopic (exact) mass is 400 g/mol. The van der Waals surface area contributed by atoms with E-state index in [1.54, 1.807) is 0 Å². The Morgan fingerprint density at radius 1 is 1.36 bits per heavy atom. The molecule has 0 radical (unpaired) electrons. The zero-order valence-electron chi connectivity index (χ0n) is 12.5. The maximum Gasteiger partial charge on any atom is 0.434 e. The van der Waals surface area contributed by atoms with E-state index >= 15 is 0 Å². The van der Waals surface area contributed by atoms with Gasteiger partial charge in [0.25, 0.3) is 0 Å². The zero-order chi connectivity index (χ0) is 18.9. The Bertz CT molecular complexity index is 821. The molecule has 1 aromatic heterocycles. The Labute approximate surface area is 148 Å². The zero-order valence-corrected chi connectivity index (χ0v) is 14.0. The number of benzene rings is 1. The molecule has 2 rings (SSSR count). The lowest BCUT2D eigenvalue weighted by molar-refractivity contribution is -0.144. The number of hydrogen-bond acceptors (Lipinski definition) is 3. The molecule has 0 saturated carbocycles. The molecule has 1 N–H and O–H groups in total. The van der Waals surface area contributed by atoms with Gasteiger partial charge in [-0.2, -0.15) is 18.3 Å². The first-order valence-corrected chi connectivity index (χ1v) is 7.35. The second kappa shape index (κ2) is 7.19. The molecule has 0 fully saturated rings. The predicted molar refractivity (Wildman–Crippen MR) is 80.9 cm³/mol. The number of aromatic nitrogens is 2. The van der Waals surface area contributed by atoms with Crippen molar-refractivity contribution in [2.24, 2.45) is 7.05 Å². The summed E-state index contributed by atoms with van der Waals surface area (Å²) in [6.45, 7) is -0.902. The van der Waals surface area contributed by atoms with Gasteiger partial charge in [-0.05, 0) is 17.7 Å². The van der Waals surface area contributed by atoms with Gasteiger partial charge in [0.1, 0.15) is 18.1 Å². The smallest absolute Gasteiger partial charge is 0.434 e. The molecule has 1 heterocycles. The maximum atomic E-state index is 14.2. The third-order valence-electron chi connectivity index (χ3n) is 3.13. The minimum Gasteiger partial charge on any atom is -0.480 e. The molecule has 0 unspecified atom stereocenters. The first kappa shape index (κ1) is 19.5.